The summed E-state index contributed by atoms with van der Waals surface area (Å²) >= 11 is 0. The molecule has 4 nitrogen and oxygen atoms in total. The van der Waals surface area contributed by atoms with Gasteiger partial charge in [0.1, 0.15) is 5.75 Å². The van der Waals surface area contributed by atoms with E-state index < -0.39 is 6.10 Å². The molecule has 0 heterocycles. The number of nitrogens with one attached hydrogen (secondary N) is 1. The highest BCUT2D eigenvalue weighted by molar-refractivity contribution is 5.81. The molecule has 0 aliphatic carbocycles. The van der Waals surface area contributed by atoms with Gasteiger partial charge < -0.3 is 10.1 Å². The van der Waals surface area contributed by atoms with Crippen LogP contribution in [-0.4, -0.2) is 12.0 Å². The molecule has 0 radical (unpaired) electrons. The van der Waals surface area contributed by atoms with E-state index in [1.165, 1.54) is 0 Å². The zero-order chi connectivity index (χ0) is 19.1. The van der Waals surface area contributed by atoms with E-state index in [1.54, 1.807) is 31.2 Å². The number of hydrogen-bond donors (Lipinski definition) is 1. The molecule has 134 valence electrons. The minimum atomic E-state index is -0.673. The van der Waals surface area contributed by atoms with Crippen LogP contribution in [0.2, 0.25) is 0 Å². The van der Waals surface area contributed by atoms with Crippen LogP contribution < -0.4 is 10.1 Å². The zero-order valence-electron chi connectivity index (χ0n) is 15.0. The Kier molecular flexibility index (Phi) is 5.86. The second-order valence-electron chi connectivity index (χ2n) is 6.16. The van der Waals surface area contributed by atoms with Crippen molar-refractivity contribution < 1.29 is 9.53 Å². The van der Waals surface area contributed by atoms with Crippen LogP contribution in [-0.2, 0) is 4.79 Å². The average molecular weight is 356 g/mol. The molecule has 0 bridgehead atoms. The molecule has 0 aliphatic rings. The Bertz CT molecular complexity index is 877. The van der Waals surface area contributed by atoms with Gasteiger partial charge in [-0.25, -0.2) is 0 Å². The molecule has 0 spiro atoms. The first-order chi connectivity index (χ1) is 13.2. The van der Waals surface area contributed by atoms with Crippen molar-refractivity contribution in [2.75, 3.05) is 0 Å². The average Bonchev–Trinajstić information content (AvgIpc) is 2.73. The van der Waals surface area contributed by atoms with Crippen molar-refractivity contribution in [2.24, 2.45) is 0 Å². The van der Waals surface area contributed by atoms with E-state index in [0.29, 0.717) is 11.3 Å². The van der Waals surface area contributed by atoms with Crippen LogP contribution in [0.1, 0.15) is 29.7 Å². The lowest BCUT2D eigenvalue weighted by molar-refractivity contribution is -0.127. The van der Waals surface area contributed by atoms with Gasteiger partial charge in [-0.2, -0.15) is 5.26 Å². The predicted octanol–water partition coefficient (Wildman–Crippen LogP) is 4.23. The van der Waals surface area contributed by atoms with E-state index >= 15 is 0 Å². The van der Waals surface area contributed by atoms with Crippen molar-refractivity contribution in [1.29, 1.82) is 5.26 Å². The molecule has 1 atom stereocenters. The van der Waals surface area contributed by atoms with Crippen LogP contribution in [0, 0.1) is 11.3 Å². The molecule has 0 saturated carbocycles. The van der Waals surface area contributed by atoms with E-state index in [-0.39, 0.29) is 11.9 Å². The number of carbonyl (C=O) groups excluding carboxylic acids is 1. The van der Waals surface area contributed by atoms with E-state index in [4.69, 9.17) is 10.00 Å². The molecule has 1 amide bonds. The summed E-state index contributed by atoms with van der Waals surface area (Å²) in [6.45, 7) is 1.71. The molecular formula is C23H20N2O2. The molecule has 4 heteroatoms. The highest BCUT2D eigenvalue weighted by Crippen LogP contribution is 2.22. The second-order valence-corrected chi connectivity index (χ2v) is 6.16. The van der Waals surface area contributed by atoms with Gasteiger partial charge in [0.05, 0.1) is 17.7 Å². The molecule has 3 aromatic carbocycles. The molecular weight excluding hydrogens is 336 g/mol. The van der Waals surface area contributed by atoms with Crippen LogP contribution in [0.5, 0.6) is 5.75 Å². The number of benzene rings is 3. The lowest BCUT2D eigenvalue weighted by atomic mass is 9.98. The maximum atomic E-state index is 12.7. The Labute approximate surface area is 159 Å². The van der Waals surface area contributed by atoms with Crippen molar-refractivity contribution in [1.82, 2.24) is 5.32 Å². The molecule has 1 unspecified atom stereocenters. The molecule has 3 aromatic rings. The number of ether oxygens (including phenoxy) is 1. The Morgan fingerprint density at radius 2 is 1.41 bits per heavy atom. The Balaban J connectivity index is 1.74. The first kappa shape index (κ1) is 18.2. The summed E-state index contributed by atoms with van der Waals surface area (Å²) < 4.78 is 5.73. The van der Waals surface area contributed by atoms with Gasteiger partial charge in [-0.15, -0.1) is 0 Å². The first-order valence-electron chi connectivity index (χ1n) is 8.74. The first-order valence-corrected chi connectivity index (χ1v) is 8.74. The summed E-state index contributed by atoms with van der Waals surface area (Å²) in [5.41, 5.74) is 2.55. The number of carbonyl (C=O) groups is 1. The van der Waals surface area contributed by atoms with Gasteiger partial charge >= 0.3 is 0 Å². The number of amides is 1. The maximum absolute atomic E-state index is 12.7. The fraction of sp³-hybridized carbons (Fsp3) is 0.130. The van der Waals surface area contributed by atoms with Gasteiger partial charge in [-0.3, -0.25) is 4.79 Å². The van der Waals surface area contributed by atoms with Crippen LogP contribution in [0.4, 0.5) is 0 Å². The van der Waals surface area contributed by atoms with E-state index in [0.717, 1.165) is 11.1 Å². The van der Waals surface area contributed by atoms with Gasteiger partial charge in [-0.05, 0) is 42.3 Å². The maximum Gasteiger partial charge on any atom is 0.261 e. The minimum Gasteiger partial charge on any atom is -0.481 e. The molecule has 0 aliphatic heterocycles. The summed E-state index contributed by atoms with van der Waals surface area (Å²) in [4.78, 5) is 12.7. The monoisotopic (exact) mass is 356 g/mol. The van der Waals surface area contributed by atoms with E-state index in [2.05, 4.69) is 11.4 Å². The quantitative estimate of drug-likeness (QED) is 0.719. The van der Waals surface area contributed by atoms with Gasteiger partial charge in [0.25, 0.3) is 5.91 Å². The molecule has 1 N–H and O–H groups in total. The fourth-order valence-corrected chi connectivity index (χ4v) is 2.78. The third-order valence-corrected chi connectivity index (χ3v) is 4.22. The molecule has 3 rings (SSSR count). The summed E-state index contributed by atoms with van der Waals surface area (Å²) in [6.07, 6.45) is -0.673. The predicted molar refractivity (Wildman–Crippen MR) is 104 cm³/mol. The Morgan fingerprint density at radius 3 is 1.89 bits per heavy atom. The third-order valence-electron chi connectivity index (χ3n) is 4.22. The van der Waals surface area contributed by atoms with Gasteiger partial charge in [0.15, 0.2) is 6.10 Å². The van der Waals surface area contributed by atoms with Gasteiger partial charge in [0, 0.05) is 0 Å². The third kappa shape index (κ3) is 4.74. The van der Waals surface area contributed by atoms with E-state index in [1.807, 2.05) is 60.7 Å². The minimum absolute atomic E-state index is 0.211. The Hall–Kier alpha value is -3.58. The lowest BCUT2D eigenvalue weighted by Crippen LogP contribution is -2.39. The van der Waals surface area contributed by atoms with Crippen molar-refractivity contribution in [3.63, 3.8) is 0 Å². The summed E-state index contributed by atoms with van der Waals surface area (Å²) in [5.74, 6) is 0.338. The highest BCUT2D eigenvalue weighted by atomic mass is 16.5. The Morgan fingerprint density at radius 1 is 0.889 bits per heavy atom. The van der Waals surface area contributed by atoms with Crippen molar-refractivity contribution in [3.8, 4) is 11.8 Å². The number of rotatable bonds is 6. The van der Waals surface area contributed by atoms with Crippen LogP contribution in [0.3, 0.4) is 0 Å². The van der Waals surface area contributed by atoms with Crippen LogP contribution >= 0.6 is 0 Å². The summed E-state index contributed by atoms with van der Waals surface area (Å²) in [6, 6.07) is 28.2. The summed E-state index contributed by atoms with van der Waals surface area (Å²) in [7, 11) is 0. The highest BCUT2D eigenvalue weighted by Gasteiger charge is 2.21. The smallest absolute Gasteiger partial charge is 0.261 e. The van der Waals surface area contributed by atoms with Gasteiger partial charge in [-0.1, -0.05) is 60.7 Å². The van der Waals surface area contributed by atoms with Crippen LogP contribution in [0.15, 0.2) is 84.9 Å². The van der Waals surface area contributed by atoms with Gasteiger partial charge in [0.2, 0.25) is 0 Å². The molecule has 0 fully saturated rings. The normalized spacial score (nSPS) is 11.4. The number of nitrogens with zero attached hydrogens (tertiary/aromatic N) is 1. The van der Waals surface area contributed by atoms with Crippen molar-refractivity contribution >= 4 is 5.91 Å². The lowest BCUT2D eigenvalue weighted by Gasteiger charge is -2.22. The topological polar surface area (TPSA) is 62.1 Å². The van der Waals surface area contributed by atoms with Crippen molar-refractivity contribution in [3.05, 3.63) is 102 Å². The summed E-state index contributed by atoms with van der Waals surface area (Å²) in [5, 5.41) is 11.9. The number of hydrogen-bond acceptors (Lipinski definition) is 3. The van der Waals surface area contributed by atoms with E-state index in [9.17, 15) is 4.79 Å². The molecule has 27 heavy (non-hydrogen) atoms. The molecule has 0 aromatic heterocycles. The second kappa shape index (κ2) is 8.68. The largest absolute Gasteiger partial charge is 0.481 e. The van der Waals surface area contributed by atoms with Crippen LogP contribution in [0.25, 0.3) is 0 Å². The molecule has 0 saturated heterocycles. The standard InChI is InChI=1S/C23H20N2O2/c1-17(27-21-14-12-18(16-24)13-15-21)23(26)25-22(19-8-4-2-5-9-19)20-10-6-3-7-11-20/h2-15,17,22H,1H3,(H,25,26). The SMILES string of the molecule is CC(Oc1ccc(C#N)cc1)C(=O)NC(c1ccccc1)c1ccccc1. The number of nitriles is 1. The van der Waals surface area contributed by atoms with Crippen molar-refractivity contribution in [2.45, 2.75) is 19.1 Å². The zero-order valence-corrected chi connectivity index (χ0v) is 15.0. The fourth-order valence-electron chi connectivity index (χ4n) is 2.78.